The minimum atomic E-state index is -1.55. The number of rotatable bonds is 2. The Hall–Kier alpha value is -2.26. The first-order valence-electron chi connectivity index (χ1n) is 10.7. The quantitative estimate of drug-likeness (QED) is 0.806. The van der Waals surface area contributed by atoms with Gasteiger partial charge in [-0.15, -0.1) is 0 Å². The fourth-order valence-corrected chi connectivity index (χ4v) is 6.25. The van der Waals surface area contributed by atoms with Gasteiger partial charge in [0, 0.05) is 5.41 Å². The summed E-state index contributed by atoms with van der Waals surface area (Å²) in [7, 11) is 0. The van der Waals surface area contributed by atoms with E-state index >= 15 is 0 Å². The molecule has 1 fully saturated rings. The average molecular weight is 412 g/mol. The summed E-state index contributed by atoms with van der Waals surface area (Å²) < 4.78 is 14.6. The van der Waals surface area contributed by atoms with Crippen molar-refractivity contribution in [2.24, 2.45) is 22.2 Å². The van der Waals surface area contributed by atoms with Crippen LogP contribution in [0.3, 0.4) is 0 Å². The molecule has 1 aromatic carbocycles. The minimum Gasteiger partial charge on any atom is -0.393 e. The molecule has 5 nitrogen and oxygen atoms in total. The smallest absolute Gasteiger partial charge is 0.261 e. The summed E-state index contributed by atoms with van der Waals surface area (Å²) in [6, 6.07) is 7.70. The number of aliphatic hydroxyl groups is 1. The molecule has 6 heteroatoms. The van der Waals surface area contributed by atoms with Crippen LogP contribution in [-0.4, -0.2) is 40.1 Å². The normalized spacial score (nSPS) is 35.7. The molecule has 1 amide bonds. The fourth-order valence-electron chi connectivity index (χ4n) is 6.25. The predicted molar refractivity (Wildman–Crippen MR) is 113 cm³/mol. The second-order valence-corrected chi connectivity index (χ2v) is 10.3. The number of halogens is 1. The van der Waals surface area contributed by atoms with E-state index in [9.17, 15) is 19.6 Å². The Kier molecular flexibility index (Phi) is 4.63. The van der Waals surface area contributed by atoms with Crippen LogP contribution in [0.4, 0.5) is 4.39 Å². The molecular formula is C24H30FN3O2. The van der Waals surface area contributed by atoms with Crippen LogP contribution in [0.5, 0.6) is 0 Å². The maximum Gasteiger partial charge on any atom is 0.261 e. The van der Waals surface area contributed by atoms with Gasteiger partial charge in [0.2, 0.25) is 0 Å². The predicted octanol–water partition coefficient (Wildman–Crippen LogP) is 3.73. The van der Waals surface area contributed by atoms with E-state index < -0.39 is 22.7 Å². The van der Waals surface area contributed by atoms with E-state index in [1.165, 1.54) is 18.7 Å². The molecule has 3 aliphatic rings. The Balaban J connectivity index is 1.92. The SMILES string of the molecule is CC1=N[C@@]2(C(=O)N1CC(C)(C)F)c1cc(C#N)ccc1C[C@@]21C[C@@H](C)[C@H](O)[C@@H](C)C1. The van der Waals surface area contributed by atoms with Gasteiger partial charge in [-0.05, 0) is 75.1 Å². The van der Waals surface area contributed by atoms with Crippen LogP contribution in [0, 0.1) is 28.6 Å². The van der Waals surface area contributed by atoms with Crippen LogP contribution in [0.15, 0.2) is 23.2 Å². The Morgan fingerprint density at radius 2 is 1.97 bits per heavy atom. The van der Waals surface area contributed by atoms with Gasteiger partial charge in [-0.25, -0.2) is 4.39 Å². The van der Waals surface area contributed by atoms with Gasteiger partial charge in [-0.3, -0.25) is 14.7 Å². The highest BCUT2D eigenvalue weighted by atomic mass is 19.1. The van der Waals surface area contributed by atoms with Gasteiger partial charge in [-0.2, -0.15) is 5.26 Å². The molecule has 0 radical (unpaired) electrons. The number of aliphatic hydroxyl groups excluding tert-OH is 1. The molecule has 1 heterocycles. The first-order valence-corrected chi connectivity index (χ1v) is 10.7. The van der Waals surface area contributed by atoms with E-state index in [1.54, 1.807) is 19.1 Å². The highest BCUT2D eigenvalue weighted by molar-refractivity contribution is 6.09. The average Bonchev–Trinajstić information content (AvgIpc) is 3.05. The molecule has 4 rings (SSSR count). The lowest BCUT2D eigenvalue weighted by atomic mass is 9.56. The number of hydrogen-bond donors (Lipinski definition) is 1. The maximum absolute atomic E-state index is 14.6. The lowest BCUT2D eigenvalue weighted by Gasteiger charge is -2.49. The molecule has 160 valence electrons. The summed E-state index contributed by atoms with van der Waals surface area (Å²) in [6.07, 6.45) is 1.56. The second-order valence-electron chi connectivity index (χ2n) is 10.3. The Morgan fingerprint density at radius 1 is 1.33 bits per heavy atom. The summed E-state index contributed by atoms with van der Waals surface area (Å²) in [5, 5.41) is 20.1. The maximum atomic E-state index is 14.6. The summed E-state index contributed by atoms with van der Waals surface area (Å²) in [6.45, 7) is 8.69. The number of aliphatic imine (C=N–C) groups is 1. The molecule has 5 atom stereocenters. The number of amidine groups is 1. The van der Waals surface area contributed by atoms with Gasteiger partial charge in [0.1, 0.15) is 11.5 Å². The Labute approximate surface area is 177 Å². The zero-order valence-corrected chi connectivity index (χ0v) is 18.4. The zero-order valence-electron chi connectivity index (χ0n) is 18.4. The Morgan fingerprint density at radius 3 is 2.53 bits per heavy atom. The summed E-state index contributed by atoms with van der Waals surface area (Å²) in [4.78, 5) is 20.5. The van der Waals surface area contributed by atoms with Gasteiger partial charge < -0.3 is 5.11 Å². The summed E-state index contributed by atoms with van der Waals surface area (Å²) in [5.41, 5.74) is -0.906. The standard InChI is InChI=1S/C24H30FN3O2/c1-14-9-23(10-15(2)20(14)29)11-18-7-6-17(12-26)8-19(18)24(23)21(30)28(16(3)27-24)13-22(4,5)25/h6-8,14-15,20,29H,9-11,13H2,1-5H3/t14-,15+,20+,23+,24-/m1/s1. The molecule has 1 aliphatic heterocycles. The topological polar surface area (TPSA) is 76.7 Å². The van der Waals surface area contributed by atoms with Gasteiger partial charge in [-0.1, -0.05) is 19.9 Å². The van der Waals surface area contributed by atoms with Crippen molar-refractivity contribution in [1.82, 2.24) is 4.90 Å². The van der Waals surface area contributed by atoms with Gasteiger partial charge in [0.15, 0.2) is 5.54 Å². The van der Waals surface area contributed by atoms with Crippen molar-refractivity contribution in [2.45, 2.75) is 71.2 Å². The number of nitriles is 1. The lowest BCUT2D eigenvalue weighted by molar-refractivity contribution is -0.142. The number of alkyl halides is 1. The molecule has 0 bridgehead atoms. The van der Waals surface area contributed by atoms with Crippen LogP contribution >= 0.6 is 0 Å². The number of fused-ring (bicyclic) bond motifs is 3. The number of benzene rings is 1. The van der Waals surface area contributed by atoms with Crippen molar-refractivity contribution in [3.63, 3.8) is 0 Å². The van der Waals surface area contributed by atoms with Crippen molar-refractivity contribution >= 4 is 11.7 Å². The lowest BCUT2D eigenvalue weighted by Crippen LogP contribution is -2.55. The van der Waals surface area contributed by atoms with Crippen LogP contribution < -0.4 is 0 Å². The molecule has 2 spiro atoms. The summed E-state index contributed by atoms with van der Waals surface area (Å²) in [5.74, 6) is 0.359. The number of nitrogens with zero attached hydrogens (tertiary/aromatic N) is 3. The first-order chi connectivity index (χ1) is 13.9. The van der Waals surface area contributed by atoms with E-state index in [0.717, 1.165) is 11.1 Å². The zero-order chi connectivity index (χ0) is 22.1. The van der Waals surface area contributed by atoms with E-state index in [2.05, 4.69) is 6.07 Å². The molecule has 1 aromatic rings. The van der Waals surface area contributed by atoms with Crippen LogP contribution in [0.25, 0.3) is 0 Å². The van der Waals surface area contributed by atoms with Crippen molar-refractivity contribution < 1.29 is 14.3 Å². The van der Waals surface area contributed by atoms with Gasteiger partial charge >= 0.3 is 0 Å². The monoisotopic (exact) mass is 411 g/mol. The number of hydrogen-bond acceptors (Lipinski definition) is 4. The number of carbonyl (C=O) groups excluding carboxylic acids is 1. The van der Waals surface area contributed by atoms with E-state index in [4.69, 9.17) is 4.99 Å². The number of carbonyl (C=O) groups is 1. The first kappa shape index (κ1) is 21.0. The highest BCUT2D eigenvalue weighted by Gasteiger charge is 2.68. The summed E-state index contributed by atoms with van der Waals surface area (Å²) >= 11 is 0. The van der Waals surface area contributed by atoms with Crippen LogP contribution in [-0.2, 0) is 16.8 Å². The van der Waals surface area contributed by atoms with Crippen LogP contribution in [0.1, 0.15) is 64.2 Å². The molecule has 30 heavy (non-hydrogen) atoms. The van der Waals surface area contributed by atoms with Gasteiger partial charge in [0.05, 0.1) is 24.3 Å². The highest BCUT2D eigenvalue weighted by Crippen LogP contribution is 2.63. The molecular weight excluding hydrogens is 381 g/mol. The van der Waals surface area contributed by atoms with Crippen molar-refractivity contribution in [1.29, 1.82) is 5.26 Å². The van der Waals surface area contributed by atoms with Crippen molar-refractivity contribution in [3.8, 4) is 6.07 Å². The fraction of sp³-hybridized carbons (Fsp3) is 0.625. The van der Waals surface area contributed by atoms with E-state index in [0.29, 0.717) is 30.7 Å². The minimum absolute atomic E-state index is 0.0188. The van der Waals surface area contributed by atoms with Crippen molar-refractivity contribution in [3.05, 3.63) is 34.9 Å². The third-order valence-electron chi connectivity index (χ3n) is 7.33. The molecule has 0 aromatic heterocycles. The van der Waals surface area contributed by atoms with Crippen molar-refractivity contribution in [2.75, 3.05) is 6.54 Å². The van der Waals surface area contributed by atoms with Crippen LogP contribution in [0.2, 0.25) is 0 Å². The molecule has 1 saturated carbocycles. The number of amides is 1. The Bertz CT molecular complexity index is 962. The third-order valence-corrected chi connectivity index (χ3v) is 7.33. The molecule has 0 saturated heterocycles. The molecule has 0 unspecified atom stereocenters. The second kappa shape index (κ2) is 6.62. The molecule has 1 N–H and O–H groups in total. The van der Waals surface area contributed by atoms with E-state index in [1.807, 2.05) is 19.9 Å². The largest absolute Gasteiger partial charge is 0.393 e. The van der Waals surface area contributed by atoms with Gasteiger partial charge in [0.25, 0.3) is 5.91 Å². The molecule has 2 aliphatic carbocycles. The third kappa shape index (κ3) is 2.82. The van der Waals surface area contributed by atoms with E-state index in [-0.39, 0.29) is 24.3 Å².